The van der Waals surface area contributed by atoms with Crippen LogP contribution in [0.25, 0.3) is 0 Å². The minimum atomic E-state index is 0.573. The highest BCUT2D eigenvalue weighted by Crippen LogP contribution is 2.26. The molecule has 0 aromatic heterocycles. The number of nitrogens with zero attached hydrogens (tertiary/aromatic N) is 1. The van der Waals surface area contributed by atoms with Crippen LogP contribution >= 0.6 is 15.9 Å². The molecule has 0 unspecified atom stereocenters. The number of hydrogen-bond donors (Lipinski definition) is 1. The Morgan fingerprint density at radius 2 is 2.06 bits per heavy atom. The molecule has 1 aliphatic rings. The molecule has 1 heterocycles. The molecule has 1 aromatic rings. The van der Waals surface area contributed by atoms with E-state index in [0.29, 0.717) is 12.6 Å². The van der Waals surface area contributed by atoms with Gasteiger partial charge in [0, 0.05) is 43.0 Å². The monoisotopic (exact) mass is 298 g/mol. The van der Waals surface area contributed by atoms with Crippen LogP contribution in [0.15, 0.2) is 22.7 Å². The van der Waals surface area contributed by atoms with Gasteiger partial charge >= 0.3 is 0 Å². The zero-order chi connectivity index (χ0) is 12.3. The molecule has 0 atom stereocenters. The largest absolute Gasteiger partial charge is 0.381 e. The molecule has 0 bridgehead atoms. The molecule has 0 saturated carbocycles. The standard InChI is InChI=1S/C13H19BrN2O/c1-16(12-2-4-17-5-3-12)13-7-10(9-15)6-11(14)8-13/h6-8,12H,2-5,9,15H2,1H3. The van der Waals surface area contributed by atoms with Gasteiger partial charge in [0.25, 0.3) is 0 Å². The Balaban J connectivity index is 2.17. The second kappa shape index (κ2) is 5.85. The van der Waals surface area contributed by atoms with Crippen LogP contribution in [0.3, 0.4) is 0 Å². The van der Waals surface area contributed by atoms with E-state index in [9.17, 15) is 0 Å². The van der Waals surface area contributed by atoms with Crippen LogP contribution in [0.4, 0.5) is 5.69 Å². The molecule has 1 fully saturated rings. The number of nitrogens with two attached hydrogens (primary N) is 1. The minimum absolute atomic E-state index is 0.573. The van der Waals surface area contributed by atoms with Crippen LogP contribution in [0, 0.1) is 0 Å². The fourth-order valence-electron chi connectivity index (χ4n) is 2.24. The van der Waals surface area contributed by atoms with Crippen molar-refractivity contribution >= 4 is 21.6 Å². The zero-order valence-electron chi connectivity index (χ0n) is 10.2. The minimum Gasteiger partial charge on any atom is -0.381 e. The molecule has 0 amide bonds. The van der Waals surface area contributed by atoms with Gasteiger partial charge in [-0.2, -0.15) is 0 Å². The summed E-state index contributed by atoms with van der Waals surface area (Å²) in [5.74, 6) is 0. The Morgan fingerprint density at radius 3 is 2.71 bits per heavy atom. The first-order chi connectivity index (χ1) is 8.20. The molecular formula is C13H19BrN2O. The Bertz CT molecular complexity index is 378. The maximum Gasteiger partial charge on any atom is 0.0485 e. The van der Waals surface area contributed by atoms with E-state index in [-0.39, 0.29) is 0 Å². The first-order valence-electron chi connectivity index (χ1n) is 6.01. The smallest absolute Gasteiger partial charge is 0.0485 e. The molecule has 0 aliphatic carbocycles. The Hall–Kier alpha value is -0.580. The summed E-state index contributed by atoms with van der Waals surface area (Å²) >= 11 is 3.54. The molecule has 1 saturated heterocycles. The van der Waals surface area contributed by atoms with Crippen LogP contribution in [-0.4, -0.2) is 26.3 Å². The van der Waals surface area contributed by atoms with Gasteiger partial charge in [0.15, 0.2) is 0 Å². The third kappa shape index (κ3) is 3.21. The summed E-state index contributed by atoms with van der Waals surface area (Å²) in [6.45, 7) is 2.31. The van der Waals surface area contributed by atoms with E-state index >= 15 is 0 Å². The van der Waals surface area contributed by atoms with Gasteiger partial charge in [-0.1, -0.05) is 15.9 Å². The Morgan fingerprint density at radius 1 is 1.35 bits per heavy atom. The van der Waals surface area contributed by atoms with E-state index in [4.69, 9.17) is 10.5 Å². The van der Waals surface area contributed by atoms with E-state index in [1.807, 2.05) is 0 Å². The highest BCUT2D eigenvalue weighted by molar-refractivity contribution is 9.10. The van der Waals surface area contributed by atoms with Crippen molar-refractivity contribution in [2.45, 2.75) is 25.4 Å². The third-order valence-corrected chi connectivity index (χ3v) is 3.78. The maximum absolute atomic E-state index is 5.71. The van der Waals surface area contributed by atoms with Crippen molar-refractivity contribution in [1.29, 1.82) is 0 Å². The number of anilines is 1. The van der Waals surface area contributed by atoms with E-state index < -0.39 is 0 Å². The quantitative estimate of drug-likeness (QED) is 0.932. The molecule has 0 radical (unpaired) electrons. The van der Waals surface area contributed by atoms with Crippen molar-refractivity contribution in [3.05, 3.63) is 28.2 Å². The first-order valence-corrected chi connectivity index (χ1v) is 6.80. The Kier molecular flexibility index (Phi) is 4.42. The summed E-state index contributed by atoms with van der Waals surface area (Å²) in [5.41, 5.74) is 8.10. The fourth-order valence-corrected chi connectivity index (χ4v) is 2.77. The normalized spacial score (nSPS) is 17.1. The molecule has 1 aromatic carbocycles. The molecule has 3 nitrogen and oxygen atoms in total. The van der Waals surface area contributed by atoms with Gasteiger partial charge in [0.05, 0.1) is 0 Å². The van der Waals surface area contributed by atoms with E-state index in [0.717, 1.165) is 36.1 Å². The van der Waals surface area contributed by atoms with Crippen molar-refractivity contribution in [3.8, 4) is 0 Å². The maximum atomic E-state index is 5.71. The number of ether oxygens (including phenoxy) is 1. The average Bonchev–Trinajstić information content (AvgIpc) is 2.38. The second-order valence-corrected chi connectivity index (χ2v) is 5.39. The molecule has 2 N–H and O–H groups in total. The van der Waals surface area contributed by atoms with Gasteiger partial charge in [0.2, 0.25) is 0 Å². The van der Waals surface area contributed by atoms with Crippen molar-refractivity contribution in [3.63, 3.8) is 0 Å². The summed E-state index contributed by atoms with van der Waals surface area (Å²) in [4.78, 5) is 2.34. The predicted molar refractivity (Wildman–Crippen MR) is 74.3 cm³/mol. The molecule has 17 heavy (non-hydrogen) atoms. The highest BCUT2D eigenvalue weighted by atomic mass is 79.9. The second-order valence-electron chi connectivity index (χ2n) is 4.48. The van der Waals surface area contributed by atoms with Crippen LogP contribution < -0.4 is 10.6 Å². The van der Waals surface area contributed by atoms with Gasteiger partial charge in [0.1, 0.15) is 0 Å². The average molecular weight is 299 g/mol. The highest BCUT2D eigenvalue weighted by Gasteiger charge is 2.19. The topological polar surface area (TPSA) is 38.5 Å². The van der Waals surface area contributed by atoms with E-state index in [2.05, 4.69) is 46.1 Å². The predicted octanol–water partition coefficient (Wildman–Crippen LogP) is 2.52. The molecule has 4 heteroatoms. The van der Waals surface area contributed by atoms with Gasteiger partial charge in [-0.15, -0.1) is 0 Å². The lowest BCUT2D eigenvalue weighted by atomic mass is 10.1. The number of halogens is 1. The summed E-state index contributed by atoms with van der Waals surface area (Å²) in [7, 11) is 2.15. The summed E-state index contributed by atoms with van der Waals surface area (Å²) in [6, 6.07) is 6.96. The first kappa shape index (κ1) is 12.9. The van der Waals surface area contributed by atoms with Crippen molar-refractivity contribution in [2.24, 2.45) is 5.73 Å². The van der Waals surface area contributed by atoms with Crippen molar-refractivity contribution < 1.29 is 4.74 Å². The molecule has 0 spiro atoms. The summed E-state index contributed by atoms with van der Waals surface area (Å²) in [5, 5.41) is 0. The van der Waals surface area contributed by atoms with Crippen LogP contribution in [0.1, 0.15) is 18.4 Å². The summed E-state index contributed by atoms with van der Waals surface area (Å²) in [6.07, 6.45) is 2.20. The van der Waals surface area contributed by atoms with Gasteiger partial charge in [-0.3, -0.25) is 0 Å². The number of rotatable bonds is 3. The number of benzene rings is 1. The van der Waals surface area contributed by atoms with Gasteiger partial charge in [-0.25, -0.2) is 0 Å². The van der Waals surface area contributed by atoms with Crippen molar-refractivity contribution in [2.75, 3.05) is 25.2 Å². The summed E-state index contributed by atoms with van der Waals surface area (Å²) < 4.78 is 6.49. The van der Waals surface area contributed by atoms with E-state index in [1.54, 1.807) is 0 Å². The third-order valence-electron chi connectivity index (χ3n) is 3.32. The SMILES string of the molecule is CN(c1cc(Br)cc(CN)c1)C1CCOCC1. The fraction of sp³-hybridized carbons (Fsp3) is 0.538. The molecular weight excluding hydrogens is 280 g/mol. The van der Waals surface area contributed by atoms with Crippen LogP contribution in [0.2, 0.25) is 0 Å². The number of hydrogen-bond acceptors (Lipinski definition) is 3. The van der Waals surface area contributed by atoms with Crippen LogP contribution in [-0.2, 0) is 11.3 Å². The lowest BCUT2D eigenvalue weighted by Crippen LogP contribution is -2.36. The van der Waals surface area contributed by atoms with Gasteiger partial charge in [-0.05, 0) is 36.6 Å². The lowest BCUT2D eigenvalue weighted by molar-refractivity contribution is 0.0855. The Labute approximate surface area is 111 Å². The van der Waals surface area contributed by atoms with E-state index in [1.165, 1.54) is 5.69 Å². The molecule has 94 valence electrons. The van der Waals surface area contributed by atoms with Crippen LogP contribution in [0.5, 0.6) is 0 Å². The molecule has 2 rings (SSSR count). The van der Waals surface area contributed by atoms with Crippen molar-refractivity contribution in [1.82, 2.24) is 0 Å². The zero-order valence-corrected chi connectivity index (χ0v) is 11.7. The van der Waals surface area contributed by atoms with Gasteiger partial charge < -0.3 is 15.4 Å². The molecule has 1 aliphatic heterocycles. The lowest BCUT2D eigenvalue weighted by Gasteiger charge is -2.33.